The number of aliphatic hydroxyl groups excluding tert-OH is 2. The number of likely N-dealkylation sites (N-methyl/N-ethyl adjacent to an activating group) is 1. The number of pyridine rings is 1. The Balaban J connectivity index is 1.79. The van der Waals surface area contributed by atoms with Gasteiger partial charge in [0.15, 0.2) is 0 Å². The molecule has 7 heteroatoms. The van der Waals surface area contributed by atoms with Gasteiger partial charge in [-0.15, -0.1) is 0 Å². The van der Waals surface area contributed by atoms with Crippen molar-refractivity contribution in [1.82, 2.24) is 4.98 Å². The predicted molar refractivity (Wildman–Crippen MR) is 146 cm³/mol. The van der Waals surface area contributed by atoms with Gasteiger partial charge >= 0.3 is 0 Å². The van der Waals surface area contributed by atoms with E-state index < -0.39 is 11.5 Å². The van der Waals surface area contributed by atoms with Gasteiger partial charge in [0.1, 0.15) is 5.82 Å². The Morgan fingerprint density at radius 3 is 2.44 bits per heavy atom. The first-order chi connectivity index (χ1) is 17.0. The first-order valence-corrected chi connectivity index (χ1v) is 12.6. The number of aryl methyl sites for hydroxylation is 2. The molecule has 0 bridgehead atoms. The molecule has 0 aliphatic carbocycles. The van der Waals surface area contributed by atoms with Crippen LogP contribution in [0.2, 0.25) is 5.02 Å². The Kier molecular flexibility index (Phi) is 7.41. The number of aliphatic hydroxyl groups is 2. The van der Waals surface area contributed by atoms with Crippen LogP contribution in [0.3, 0.4) is 0 Å². The molecular formula is C29H34ClN3O3. The summed E-state index contributed by atoms with van der Waals surface area (Å²) >= 11 is 6.61. The number of amides is 1. The lowest BCUT2D eigenvalue weighted by atomic mass is 9.81. The molecule has 2 unspecified atom stereocenters. The van der Waals surface area contributed by atoms with Crippen LogP contribution < -0.4 is 9.80 Å². The molecule has 3 aromatic rings. The van der Waals surface area contributed by atoms with Crippen LogP contribution in [0, 0.1) is 13.8 Å². The summed E-state index contributed by atoms with van der Waals surface area (Å²) in [5.74, 6) is 0.555. The third-order valence-corrected chi connectivity index (χ3v) is 7.40. The zero-order chi connectivity index (χ0) is 26.2. The number of hydrogen-bond acceptors (Lipinski definition) is 5. The molecule has 1 aromatic heterocycles. The summed E-state index contributed by atoms with van der Waals surface area (Å²) in [5.41, 5.74) is 4.58. The number of rotatable bonds is 6. The Hall–Kier alpha value is -2.93. The third kappa shape index (κ3) is 4.99. The highest BCUT2D eigenvalue weighted by molar-refractivity contribution is 6.33. The number of aromatic nitrogens is 1. The summed E-state index contributed by atoms with van der Waals surface area (Å²) in [5, 5.41) is 20.6. The van der Waals surface area contributed by atoms with Gasteiger partial charge in [-0.25, -0.2) is 4.98 Å². The van der Waals surface area contributed by atoms with Gasteiger partial charge in [-0.2, -0.15) is 0 Å². The fourth-order valence-corrected chi connectivity index (χ4v) is 5.33. The molecule has 0 spiro atoms. The van der Waals surface area contributed by atoms with Crippen molar-refractivity contribution in [3.8, 4) is 11.1 Å². The molecule has 2 heterocycles. The number of anilines is 2. The van der Waals surface area contributed by atoms with Crippen LogP contribution >= 0.6 is 11.6 Å². The Bertz CT molecular complexity index is 1260. The van der Waals surface area contributed by atoms with Crippen molar-refractivity contribution < 1.29 is 15.0 Å². The second kappa shape index (κ2) is 10.2. The van der Waals surface area contributed by atoms with Crippen LogP contribution in [-0.2, 0) is 10.2 Å². The first kappa shape index (κ1) is 26.1. The zero-order valence-corrected chi connectivity index (χ0v) is 22.3. The van der Waals surface area contributed by atoms with E-state index in [-0.39, 0.29) is 18.6 Å². The molecule has 2 aromatic carbocycles. The van der Waals surface area contributed by atoms with Gasteiger partial charge in [0.05, 0.1) is 36.1 Å². The summed E-state index contributed by atoms with van der Waals surface area (Å²) < 4.78 is 0. The summed E-state index contributed by atoms with van der Waals surface area (Å²) in [6.07, 6.45) is 1.63. The minimum atomic E-state index is -0.775. The van der Waals surface area contributed by atoms with E-state index in [9.17, 15) is 15.0 Å². The van der Waals surface area contributed by atoms with Crippen molar-refractivity contribution in [1.29, 1.82) is 0 Å². The van der Waals surface area contributed by atoms with E-state index in [1.165, 1.54) is 0 Å². The molecule has 4 rings (SSSR count). The summed E-state index contributed by atoms with van der Waals surface area (Å²) in [6.45, 7) is 8.25. The molecule has 0 radical (unpaired) electrons. The first-order valence-electron chi connectivity index (χ1n) is 12.2. The van der Waals surface area contributed by atoms with Crippen LogP contribution in [0.4, 0.5) is 11.5 Å². The molecule has 36 heavy (non-hydrogen) atoms. The van der Waals surface area contributed by atoms with Crippen molar-refractivity contribution >= 4 is 29.0 Å². The quantitative estimate of drug-likeness (QED) is 0.496. The Morgan fingerprint density at radius 1 is 1.14 bits per heavy atom. The van der Waals surface area contributed by atoms with Crippen molar-refractivity contribution in [3.05, 3.63) is 76.4 Å². The highest BCUT2D eigenvalue weighted by atomic mass is 35.5. The van der Waals surface area contributed by atoms with E-state index in [2.05, 4.69) is 23.2 Å². The summed E-state index contributed by atoms with van der Waals surface area (Å²) in [6, 6.07) is 15.4. The largest absolute Gasteiger partial charge is 0.394 e. The monoisotopic (exact) mass is 507 g/mol. The van der Waals surface area contributed by atoms with Gasteiger partial charge in [-0.1, -0.05) is 59.1 Å². The van der Waals surface area contributed by atoms with E-state index in [0.717, 1.165) is 27.8 Å². The number of carbonyl (C=O) groups excluding carboxylic acids is 1. The summed E-state index contributed by atoms with van der Waals surface area (Å²) in [4.78, 5) is 22.2. The maximum Gasteiger partial charge on any atom is 0.236 e. The highest BCUT2D eigenvalue weighted by Gasteiger charge is 2.35. The van der Waals surface area contributed by atoms with E-state index in [1.54, 1.807) is 18.1 Å². The average molecular weight is 508 g/mol. The third-order valence-electron chi connectivity index (χ3n) is 7.07. The van der Waals surface area contributed by atoms with Gasteiger partial charge in [0.2, 0.25) is 5.91 Å². The molecule has 0 saturated carbocycles. The predicted octanol–water partition coefficient (Wildman–Crippen LogP) is 4.89. The summed E-state index contributed by atoms with van der Waals surface area (Å²) in [7, 11) is 1.76. The minimum absolute atomic E-state index is 0.0693. The normalized spacial score (nSPS) is 17.9. The zero-order valence-electron chi connectivity index (χ0n) is 21.5. The Labute approximate surface area is 218 Å². The smallest absolute Gasteiger partial charge is 0.236 e. The van der Waals surface area contributed by atoms with Crippen LogP contribution in [-0.4, -0.2) is 53.4 Å². The Morgan fingerprint density at radius 2 is 1.81 bits per heavy atom. The van der Waals surface area contributed by atoms with Gasteiger partial charge in [-0.05, 0) is 51.8 Å². The molecule has 2 atom stereocenters. The van der Waals surface area contributed by atoms with Gasteiger partial charge in [0.25, 0.3) is 0 Å². The second-order valence-electron chi connectivity index (χ2n) is 10.3. The minimum Gasteiger partial charge on any atom is -0.394 e. The van der Waals surface area contributed by atoms with Crippen molar-refractivity contribution in [2.75, 3.05) is 30.0 Å². The molecule has 1 aliphatic heterocycles. The second-order valence-corrected chi connectivity index (χ2v) is 10.7. The van der Waals surface area contributed by atoms with E-state index >= 15 is 0 Å². The number of β-amino-alcohol motifs (C(OH)–C–C–N with tert-alkyl or cyclic N) is 1. The topological polar surface area (TPSA) is 76.9 Å². The highest BCUT2D eigenvalue weighted by Crippen LogP contribution is 2.39. The number of carbonyl (C=O) groups is 1. The van der Waals surface area contributed by atoms with E-state index in [4.69, 9.17) is 11.6 Å². The van der Waals surface area contributed by atoms with Crippen molar-refractivity contribution in [2.45, 2.75) is 51.7 Å². The average Bonchev–Trinajstić information content (AvgIpc) is 3.23. The fraction of sp³-hybridized carbons (Fsp3) is 0.379. The van der Waals surface area contributed by atoms with E-state index in [0.29, 0.717) is 29.5 Å². The van der Waals surface area contributed by atoms with Gasteiger partial charge < -0.3 is 20.0 Å². The van der Waals surface area contributed by atoms with Crippen LogP contribution in [0.15, 0.2) is 54.7 Å². The lowest BCUT2D eigenvalue weighted by molar-refractivity contribution is -0.122. The molecule has 190 valence electrons. The van der Waals surface area contributed by atoms with Crippen molar-refractivity contribution in [3.63, 3.8) is 0 Å². The SMILES string of the molecule is Cc1cc(C)cc(C(C)(C)C(=O)N(C)c2cnc(N3CC(O)CC3CO)cc2-c2ccccc2Cl)c1. The lowest BCUT2D eigenvalue weighted by Crippen LogP contribution is -2.42. The molecule has 1 fully saturated rings. The lowest BCUT2D eigenvalue weighted by Gasteiger charge is -2.32. The standard InChI is InChI=1S/C29H34ClN3O3/c1-18-10-19(2)12-20(11-18)29(3,4)28(36)32(5)26-15-31-27(33-16-22(35)13-21(33)17-34)14-24(26)23-8-6-7-9-25(23)30/h6-12,14-15,21-22,34-35H,13,16-17H2,1-5H3. The van der Waals surface area contributed by atoms with E-state index in [1.807, 2.05) is 62.9 Å². The number of nitrogens with zero attached hydrogens (tertiary/aromatic N) is 3. The molecular weight excluding hydrogens is 474 g/mol. The number of hydrogen-bond donors (Lipinski definition) is 2. The van der Waals surface area contributed by atoms with Gasteiger partial charge in [0, 0.05) is 29.7 Å². The van der Waals surface area contributed by atoms with Crippen molar-refractivity contribution in [2.24, 2.45) is 0 Å². The maximum atomic E-state index is 13.9. The molecule has 2 N–H and O–H groups in total. The maximum absolute atomic E-state index is 13.9. The molecule has 6 nitrogen and oxygen atoms in total. The fourth-order valence-electron chi connectivity index (χ4n) is 5.09. The number of halogens is 1. The van der Waals surface area contributed by atoms with Crippen LogP contribution in [0.1, 0.15) is 37.0 Å². The van der Waals surface area contributed by atoms with Crippen LogP contribution in [0.5, 0.6) is 0 Å². The van der Waals surface area contributed by atoms with Gasteiger partial charge in [-0.3, -0.25) is 4.79 Å². The number of benzene rings is 2. The van der Waals surface area contributed by atoms with Crippen LogP contribution in [0.25, 0.3) is 11.1 Å². The molecule has 1 amide bonds. The molecule has 1 saturated heterocycles. The molecule has 1 aliphatic rings.